The Morgan fingerprint density at radius 1 is 1.50 bits per heavy atom. The Labute approximate surface area is 112 Å². The lowest BCUT2D eigenvalue weighted by molar-refractivity contribution is -0.275. The van der Waals surface area contributed by atoms with Crippen molar-refractivity contribution in [2.45, 2.75) is 13.0 Å². The summed E-state index contributed by atoms with van der Waals surface area (Å²) in [5.41, 5.74) is -0.678. The van der Waals surface area contributed by atoms with E-state index in [1.54, 1.807) is 0 Å². The first-order valence-corrected chi connectivity index (χ1v) is 5.45. The van der Waals surface area contributed by atoms with Gasteiger partial charge in [-0.1, -0.05) is 0 Å². The van der Waals surface area contributed by atoms with Gasteiger partial charge in [-0.05, 0) is 22.6 Å². The fraction of sp³-hybridized carbons (Fsp3) is 0.333. The standard InChI is InChI=1S/C9H6F4INO3/c1-17-8(16)6-4(2-10)15-3-5(7(6)14)18-9(11,12)13/h3H,2H2,1H3. The number of halogens is 5. The van der Waals surface area contributed by atoms with Crippen LogP contribution >= 0.6 is 22.6 Å². The first kappa shape index (κ1) is 14.9. The molecule has 0 N–H and O–H groups in total. The number of hydrogen-bond donors (Lipinski definition) is 0. The average molecular weight is 379 g/mol. The van der Waals surface area contributed by atoms with Crippen LogP contribution in [0.4, 0.5) is 17.6 Å². The third kappa shape index (κ3) is 3.43. The Morgan fingerprint density at radius 2 is 2.11 bits per heavy atom. The third-order valence-corrected chi connectivity index (χ3v) is 2.87. The Hall–Kier alpha value is -1.13. The number of rotatable bonds is 3. The van der Waals surface area contributed by atoms with E-state index in [-0.39, 0.29) is 14.8 Å². The van der Waals surface area contributed by atoms with Crippen molar-refractivity contribution >= 4 is 28.6 Å². The summed E-state index contributed by atoms with van der Waals surface area (Å²) in [6, 6.07) is 0. The summed E-state index contributed by atoms with van der Waals surface area (Å²) in [7, 11) is 1.03. The van der Waals surface area contributed by atoms with E-state index < -0.39 is 24.8 Å². The van der Waals surface area contributed by atoms with Crippen molar-refractivity contribution in [1.29, 1.82) is 0 Å². The Balaban J connectivity index is 3.30. The molecule has 0 aromatic carbocycles. The topological polar surface area (TPSA) is 48.4 Å². The number of methoxy groups -OCH3 is 1. The number of alkyl halides is 4. The Kier molecular flexibility index (Phi) is 4.71. The minimum absolute atomic E-state index is 0.209. The van der Waals surface area contributed by atoms with Crippen LogP contribution in [0.3, 0.4) is 0 Å². The molecule has 1 heterocycles. The molecular weight excluding hydrogens is 373 g/mol. The number of carbonyl (C=O) groups is 1. The van der Waals surface area contributed by atoms with Gasteiger partial charge in [0.05, 0.1) is 22.6 Å². The zero-order chi connectivity index (χ0) is 13.9. The van der Waals surface area contributed by atoms with Crippen LogP contribution in [0, 0.1) is 3.57 Å². The monoisotopic (exact) mass is 379 g/mol. The zero-order valence-corrected chi connectivity index (χ0v) is 11.0. The molecule has 100 valence electrons. The van der Waals surface area contributed by atoms with Crippen LogP contribution in [0.2, 0.25) is 0 Å². The van der Waals surface area contributed by atoms with E-state index in [4.69, 9.17) is 0 Å². The minimum atomic E-state index is -4.92. The van der Waals surface area contributed by atoms with Gasteiger partial charge in [0.25, 0.3) is 0 Å². The van der Waals surface area contributed by atoms with Crippen LogP contribution in [0.25, 0.3) is 0 Å². The summed E-state index contributed by atoms with van der Waals surface area (Å²) in [4.78, 5) is 14.8. The predicted molar refractivity (Wildman–Crippen MR) is 59.8 cm³/mol. The number of carbonyl (C=O) groups excluding carboxylic acids is 1. The fourth-order valence-electron chi connectivity index (χ4n) is 1.11. The lowest BCUT2D eigenvalue weighted by Crippen LogP contribution is -2.20. The molecule has 0 saturated carbocycles. The van der Waals surface area contributed by atoms with E-state index in [2.05, 4.69) is 14.5 Å². The highest BCUT2D eigenvalue weighted by molar-refractivity contribution is 14.1. The van der Waals surface area contributed by atoms with Crippen LogP contribution in [0.1, 0.15) is 16.1 Å². The number of hydrogen-bond acceptors (Lipinski definition) is 4. The molecule has 0 aliphatic carbocycles. The van der Waals surface area contributed by atoms with Crippen LogP contribution in [0.5, 0.6) is 5.75 Å². The van der Waals surface area contributed by atoms with E-state index in [9.17, 15) is 22.4 Å². The first-order chi connectivity index (χ1) is 8.30. The number of nitrogens with zero attached hydrogens (tertiary/aromatic N) is 1. The Bertz CT molecular complexity index is 464. The molecule has 0 bridgehead atoms. The molecule has 1 aromatic rings. The lowest BCUT2D eigenvalue weighted by Gasteiger charge is -2.13. The van der Waals surface area contributed by atoms with Crippen molar-refractivity contribution in [2.75, 3.05) is 7.11 Å². The molecule has 9 heteroatoms. The maximum Gasteiger partial charge on any atom is 0.573 e. The normalized spacial score (nSPS) is 11.2. The van der Waals surface area contributed by atoms with Crippen LogP contribution < -0.4 is 4.74 Å². The second-order valence-corrected chi connectivity index (χ2v) is 4.01. The summed E-state index contributed by atoms with van der Waals surface area (Å²) >= 11 is 1.44. The molecule has 0 fully saturated rings. The van der Waals surface area contributed by atoms with Gasteiger partial charge in [0.2, 0.25) is 0 Å². The summed E-state index contributed by atoms with van der Waals surface area (Å²) < 4.78 is 56.6. The molecule has 0 saturated heterocycles. The van der Waals surface area contributed by atoms with Crippen molar-refractivity contribution in [3.63, 3.8) is 0 Å². The molecule has 4 nitrogen and oxygen atoms in total. The van der Waals surface area contributed by atoms with Crippen LogP contribution in [-0.4, -0.2) is 24.4 Å². The quantitative estimate of drug-likeness (QED) is 0.461. The molecule has 0 amide bonds. The van der Waals surface area contributed by atoms with Gasteiger partial charge >= 0.3 is 12.3 Å². The molecule has 0 aliphatic rings. The second kappa shape index (κ2) is 5.67. The number of aromatic nitrogens is 1. The van der Waals surface area contributed by atoms with Crippen molar-refractivity contribution in [1.82, 2.24) is 4.98 Å². The van der Waals surface area contributed by atoms with E-state index in [1.807, 2.05) is 0 Å². The molecule has 0 aliphatic heterocycles. The highest BCUT2D eigenvalue weighted by Crippen LogP contribution is 2.31. The van der Waals surface area contributed by atoms with Crippen molar-refractivity contribution in [3.05, 3.63) is 21.0 Å². The van der Waals surface area contributed by atoms with Gasteiger partial charge in [0, 0.05) is 0 Å². The van der Waals surface area contributed by atoms with Crippen molar-refractivity contribution in [3.8, 4) is 5.75 Å². The fourth-order valence-corrected chi connectivity index (χ4v) is 1.90. The highest BCUT2D eigenvalue weighted by Gasteiger charge is 2.33. The van der Waals surface area contributed by atoms with E-state index >= 15 is 0 Å². The minimum Gasteiger partial charge on any atom is -0.465 e. The largest absolute Gasteiger partial charge is 0.573 e. The molecule has 18 heavy (non-hydrogen) atoms. The molecule has 0 spiro atoms. The van der Waals surface area contributed by atoms with Gasteiger partial charge in [-0.3, -0.25) is 4.98 Å². The summed E-state index contributed by atoms with van der Waals surface area (Å²) in [6.07, 6.45) is -4.22. The molecular formula is C9H6F4INO3. The van der Waals surface area contributed by atoms with Crippen LogP contribution in [-0.2, 0) is 11.4 Å². The molecule has 0 unspecified atom stereocenters. The number of esters is 1. The maximum atomic E-state index is 12.6. The van der Waals surface area contributed by atoms with Gasteiger partial charge in [-0.2, -0.15) is 0 Å². The predicted octanol–water partition coefficient (Wildman–Crippen LogP) is 2.84. The highest BCUT2D eigenvalue weighted by atomic mass is 127. The number of pyridine rings is 1. The maximum absolute atomic E-state index is 12.6. The summed E-state index contributed by atoms with van der Waals surface area (Å²) in [5.74, 6) is -1.66. The zero-order valence-electron chi connectivity index (χ0n) is 8.85. The van der Waals surface area contributed by atoms with E-state index in [1.165, 1.54) is 22.6 Å². The van der Waals surface area contributed by atoms with Gasteiger partial charge in [-0.15, -0.1) is 13.2 Å². The summed E-state index contributed by atoms with van der Waals surface area (Å²) in [6.45, 7) is -1.10. The number of ether oxygens (including phenoxy) is 2. The van der Waals surface area contributed by atoms with Gasteiger partial charge in [-0.25, -0.2) is 9.18 Å². The second-order valence-electron chi connectivity index (χ2n) is 2.93. The molecule has 0 radical (unpaired) electrons. The van der Waals surface area contributed by atoms with E-state index in [0.717, 1.165) is 7.11 Å². The van der Waals surface area contributed by atoms with Gasteiger partial charge in [0.1, 0.15) is 12.2 Å². The smallest absolute Gasteiger partial charge is 0.465 e. The Morgan fingerprint density at radius 3 is 2.56 bits per heavy atom. The van der Waals surface area contributed by atoms with E-state index in [0.29, 0.717) is 6.20 Å². The van der Waals surface area contributed by atoms with Crippen LogP contribution in [0.15, 0.2) is 6.20 Å². The SMILES string of the molecule is COC(=O)c1c(CF)ncc(OC(F)(F)F)c1I. The molecule has 1 aromatic heterocycles. The van der Waals surface area contributed by atoms with Gasteiger partial charge < -0.3 is 9.47 Å². The summed E-state index contributed by atoms with van der Waals surface area (Å²) in [5, 5.41) is 0. The van der Waals surface area contributed by atoms with Gasteiger partial charge in [0.15, 0.2) is 5.75 Å². The molecule has 1 rings (SSSR count). The van der Waals surface area contributed by atoms with Crippen molar-refractivity contribution < 1.29 is 31.8 Å². The lowest BCUT2D eigenvalue weighted by atomic mass is 10.2. The molecule has 0 atom stereocenters. The first-order valence-electron chi connectivity index (χ1n) is 4.37. The average Bonchev–Trinajstić information content (AvgIpc) is 2.29. The van der Waals surface area contributed by atoms with Crippen molar-refractivity contribution in [2.24, 2.45) is 0 Å². The third-order valence-electron chi connectivity index (χ3n) is 1.80.